The molecule has 0 aromatic heterocycles. The van der Waals surface area contributed by atoms with Gasteiger partial charge in [-0.1, -0.05) is 0 Å². The number of rotatable bonds is 1. The van der Waals surface area contributed by atoms with Gasteiger partial charge in [-0.2, -0.15) is 0 Å². The summed E-state index contributed by atoms with van der Waals surface area (Å²) in [5.74, 6) is -0.840. The molecule has 2 amide bonds. The molecule has 0 spiro atoms. The van der Waals surface area contributed by atoms with Gasteiger partial charge in [-0.25, -0.2) is 0 Å². The van der Waals surface area contributed by atoms with Crippen LogP contribution in [0.1, 0.15) is 6.42 Å². The summed E-state index contributed by atoms with van der Waals surface area (Å²) in [7, 11) is 2.02. The lowest BCUT2D eigenvalue weighted by Crippen LogP contribution is -2.52. The van der Waals surface area contributed by atoms with Gasteiger partial charge in [0.15, 0.2) is 0 Å². The number of likely N-dealkylation sites (N-methyl/N-ethyl adjacent to an activating group) is 1. The molecular weight excluding hydrogens is 220 g/mol. The van der Waals surface area contributed by atoms with Crippen LogP contribution in [0.25, 0.3) is 0 Å². The summed E-state index contributed by atoms with van der Waals surface area (Å²) in [4.78, 5) is 27.4. The second kappa shape index (κ2) is 5.46. The number of likely N-dealkylation sites (tertiary alicyclic amines) is 1. The SMILES string of the molecule is CN1CCC(NC(=O)C(=O)N2CCNCC2)C1. The molecule has 0 aromatic rings. The van der Waals surface area contributed by atoms with Crippen LogP contribution >= 0.6 is 0 Å². The average Bonchev–Trinajstić information content (AvgIpc) is 2.75. The Morgan fingerprint density at radius 2 is 1.94 bits per heavy atom. The van der Waals surface area contributed by atoms with Crippen LogP contribution in [0.2, 0.25) is 0 Å². The third-order valence-corrected chi connectivity index (χ3v) is 3.33. The van der Waals surface area contributed by atoms with Crippen LogP contribution in [-0.4, -0.2) is 74.0 Å². The van der Waals surface area contributed by atoms with Gasteiger partial charge >= 0.3 is 11.8 Å². The molecule has 0 bridgehead atoms. The third kappa shape index (κ3) is 3.17. The van der Waals surface area contributed by atoms with Gasteiger partial charge in [0.2, 0.25) is 0 Å². The first-order valence-electron chi connectivity index (χ1n) is 6.16. The predicted octanol–water partition coefficient (Wildman–Crippen LogP) is -1.76. The third-order valence-electron chi connectivity index (χ3n) is 3.33. The molecule has 0 aliphatic carbocycles. The summed E-state index contributed by atoms with van der Waals surface area (Å²) in [6, 6.07) is 0.124. The van der Waals surface area contributed by atoms with Crippen molar-refractivity contribution in [3.8, 4) is 0 Å². The molecule has 6 heteroatoms. The predicted molar refractivity (Wildman–Crippen MR) is 63.5 cm³/mol. The van der Waals surface area contributed by atoms with Gasteiger partial charge in [0.05, 0.1) is 0 Å². The second-order valence-electron chi connectivity index (χ2n) is 4.76. The van der Waals surface area contributed by atoms with Gasteiger partial charge in [0, 0.05) is 38.8 Å². The first kappa shape index (κ1) is 12.3. The molecule has 2 aliphatic rings. The molecular formula is C11H20N4O2. The molecule has 6 nitrogen and oxygen atoms in total. The fourth-order valence-corrected chi connectivity index (χ4v) is 2.31. The Balaban J connectivity index is 1.80. The van der Waals surface area contributed by atoms with E-state index in [4.69, 9.17) is 0 Å². The van der Waals surface area contributed by atoms with E-state index in [-0.39, 0.29) is 11.9 Å². The van der Waals surface area contributed by atoms with Crippen LogP contribution in [0, 0.1) is 0 Å². The summed E-state index contributed by atoms with van der Waals surface area (Å²) in [5.41, 5.74) is 0. The highest BCUT2D eigenvalue weighted by Crippen LogP contribution is 2.06. The molecule has 2 fully saturated rings. The van der Waals surface area contributed by atoms with E-state index in [9.17, 15) is 9.59 Å². The Kier molecular flexibility index (Phi) is 3.96. The van der Waals surface area contributed by atoms with Crippen LogP contribution in [0.3, 0.4) is 0 Å². The molecule has 0 aromatic carbocycles. The number of carbonyl (C=O) groups excluding carboxylic acids is 2. The van der Waals surface area contributed by atoms with Gasteiger partial charge in [0.25, 0.3) is 0 Å². The van der Waals surface area contributed by atoms with Gasteiger partial charge in [-0.3, -0.25) is 9.59 Å². The fourth-order valence-electron chi connectivity index (χ4n) is 2.31. The molecule has 1 atom stereocenters. The van der Waals surface area contributed by atoms with Gasteiger partial charge < -0.3 is 20.4 Å². The van der Waals surface area contributed by atoms with Crippen molar-refractivity contribution in [2.45, 2.75) is 12.5 Å². The van der Waals surface area contributed by atoms with E-state index in [1.165, 1.54) is 0 Å². The van der Waals surface area contributed by atoms with E-state index in [1.54, 1.807) is 4.90 Å². The highest BCUT2D eigenvalue weighted by Gasteiger charge is 2.27. The normalized spacial score (nSPS) is 25.9. The average molecular weight is 240 g/mol. The number of carbonyl (C=O) groups is 2. The van der Waals surface area contributed by atoms with Gasteiger partial charge in [-0.05, 0) is 20.0 Å². The highest BCUT2D eigenvalue weighted by molar-refractivity contribution is 6.35. The molecule has 1 unspecified atom stereocenters. The van der Waals surface area contributed by atoms with Crippen molar-refractivity contribution < 1.29 is 9.59 Å². The number of amides is 2. The van der Waals surface area contributed by atoms with E-state index in [1.807, 2.05) is 7.05 Å². The molecule has 0 radical (unpaired) electrons. The minimum absolute atomic E-state index is 0.124. The Morgan fingerprint density at radius 1 is 1.24 bits per heavy atom. The fraction of sp³-hybridized carbons (Fsp3) is 0.818. The summed E-state index contributed by atoms with van der Waals surface area (Å²) in [5, 5.41) is 5.97. The number of hydrogen-bond donors (Lipinski definition) is 2. The second-order valence-corrected chi connectivity index (χ2v) is 4.76. The maximum atomic E-state index is 11.8. The molecule has 2 rings (SSSR count). The van der Waals surface area contributed by atoms with Crippen molar-refractivity contribution >= 4 is 11.8 Å². The largest absolute Gasteiger partial charge is 0.344 e. The van der Waals surface area contributed by atoms with Crippen molar-refractivity contribution in [2.24, 2.45) is 0 Å². The van der Waals surface area contributed by atoms with Crippen LogP contribution in [0.15, 0.2) is 0 Å². The maximum absolute atomic E-state index is 11.8. The van der Waals surface area contributed by atoms with Crippen molar-refractivity contribution in [3.63, 3.8) is 0 Å². The van der Waals surface area contributed by atoms with Crippen LogP contribution in [0.5, 0.6) is 0 Å². The molecule has 2 aliphatic heterocycles. The first-order valence-corrected chi connectivity index (χ1v) is 6.16. The van der Waals surface area contributed by atoms with Crippen molar-refractivity contribution in [3.05, 3.63) is 0 Å². The maximum Gasteiger partial charge on any atom is 0.311 e. The zero-order chi connectivity index (χ0) is 12.3. The van der Waals surface area contributed by atoms with Crippen LogP contribution in [-0.2, 0) is 9.59 Å². The highest BCUT2D eigenvalue weighted by atomic mass is 16.2. The monoisotopic (exact) mass is 240 g/mol. The molecule has 2 heterocycles. The Bertz CT molecular complexity index is 302. The summed E-state index contributed by atoms with van der Waals surface area (Å²) in [6.45, 7) is 4.59. The topological polar surface area (TPSA) is 64.7 Å². The van der Waals surface area contributed by atoms with E-state index in [0.717, 1.165) is 32.6 Å². The lowest BCUT2D eigenvalue weighted by molar-refractivity contribution is -0.146. The van der Waals surface area contributed by atoms with Crippen LogP contribution < -0.4 is 10.6 Å². The standard InChI is InChI=1S/C11H20N4O2/c1-14-5-2-9(8-14)13-10(16)11(17)15-6-3-12-4-7-15/h9,12H,2-8H2,1H3,(H,13,16). The van der Waals surface area contributed by atoms with Gasteiger partial charge in [-0.15, -0.1) is 0 Å². The smallest absolute Gasteiger partial charge is 0.311 e. The molecule has 2 N–H and O–H groups in total. The van der Waals surface area contributed by atoms with E-state index >= 15 is 0 Å². The lowest BCUT2D eigenvalue weighted by atomic mass is 10.2. The molecule has 17 heavy (non-hydrogen) atoms. The Labute approximate surface area is 101 Å². The van der Waals surface area contributed by atoms with Crippen LogP contribution in [0.4, 0.5) is 0 Å². The number of piperazine rings is 1. The molecule has 96 valence electrons. The zero-order valence-electron chi connectivity index (χ0n) is 10.2. The number of nitrogens with one attached hydrogen (secondary N) is 2. The molecule has 0 saturated carbocycles. The Morgan fingerprint density at radius 3 is 2.53 bits per heavy atom. The Hall–Kier alpha value is -1.14. The summed E-state index contributed by atoms with van der Waals surface area (Å²) < 4.78 is 0. The zero-order valence-corrected chi connectivity index (χ0v) is 10.2. The van der Waals surface area contributed by atoms with Crippen molar-refractivity contribution in [2.75, 3.05) is 46.3 Å². The molecule has 2 saturated heterocycles. The van der Waals surface area contributed by atoms with E-state index in [2.05, 4.69) is 15.5 Å². The number of nitrogens with zero attached hydrogens (tertiary/aromatic N) is 2. The summed E-state index contributed by atoms with van der Waals surface area (Å²) in [6.07, 6.45) is 0.928. The summed E-state index contributed by atoms with van der Waals surface area (Å²) >= 11 is 0. The van der Waals surface area contributed by atoms with Crippen molar-refractivity contribution in [1.29, 1.82) is 0 Å². The van der Waals surface area contributed by atoms with Gasteiger partial charge in [0.1, 0.15) is 0 Å². The minimum Gasteiger partial charge on any atom is -0.344 e. The van der Waals surface area contributed by atoms with Crippen molar-refractivity contribution in [1.82, 2.24) is 20.4 Å². The lowest BCUT2D eigenvalue weighted by Gasteiger charge is -2.27. The minimum atomic E-state index is -0.452. The van der Waals surface area contributed by atoms with E-state index in [0.29, 0.717) is 13.1 Å². The van der Waals surface area contributed by atoms with E-state index < -0.39 is 5.91 Å². The quantitative estimate of drug-likeness (QED) is 0.533. The number of hydrogen-bond acceptors (Lipinski definition) is 4. The first-order chi connectivity index (χ1) is 8.16.